The third-order valence-electron chi connectivity index (χ3n) is 5.46. The van der Waals surface area contributed by atoms with Crippen LogP contribution >= 0.6 is 23.2 Å². The van der Waals surface area contributed by atoms with E-state index in [2.05, 4.69) is 0 Å². The van der Waals surface area contributed by atoms with Gasteiger partial charge in [0.1, 0.15) is 17.3 Å². The SMILES string of the molecule is CCOc1ccc(C2/C(=C(\O)c3ccc(Cl)c(OC)c3)C(=O)C(=O)N2c2cccc(Cl)c2)cc1. The molecule has 0 bridgehead atoms. The monoisotopic (exact) mass is 497 g/mol. The molecule has 34 heavy (non-hydrogen) atoms. The maximum atomic E-state index is 13.2. The number of aliphatic hydroxyl groups excluding tert-OH is 1. The number of anilines is 1. The van der Waals surface area contributed by atoms with Crippen molar-refractivity contribution in [3.8, 4) is 11.5 Å². The van der Waals surface area contributed by atoms with Gasteiger partial charge < -0.3 is 14.6 Å². The van der Waals surface area contributed by atoms with Crippen LogP contribution < -0.4 is 14.4 Å². The van der Waals surface area contributed by atoms with Crippen LogP contribution in [-0.4, -0.2) is 30.5 Å². The molecular weight excluding hydrogens is 477 g/mol. The first-order chi connectivity index (χ1) is 16.3. The molecule has 1 fully saturated rings. The summed E-state index contributed by atoms with van der Waals surface area (Å²) in [4.78, 5) is 27.8. The lowest BCUT2D eigenvalue weighted by Gasteiger charge is -2.25. The molecule has 1 aliphatic rings. The number of rotatable bonds is 6. The van der Waals surface area contributed by atoms with Crippen molar-refractivity contribution in [2.75, 3.05) is 18.6 Å². The lowest BCUT2D eigenvalue weighted by Crippen LogP contribution is -2.29. The molecule has 1 heterocycles. The molecule has 0 aromatic heterocycles. The van der Waals surface area contributed by atoms with Crippen molar-refractivity contribution in [3.63, 3.8) is 0 Å². The van der Waals surface area contributed by atoms with Gasteiger partial charge in [-0.1, -0.05) is 41.4 Å². The van der Waals surface area contributed by atoms with E-state index >= 15 is 0 Å². The number of amides is 1. The quantitative estimate of drug-likeness (QED) is 0.255. The Morgan fingerprint density at radius 2 is 1.76 bits per heavy atom. The van der Waals surface area contributed by atoms with E-state index in [1.54, 1.807) is 60.7 Å². The molecule has 0 spiro atoms. The number of carbonyl (C=O) groups is 2. The van der Waals surface area contributed by atoms with Crippen molar-refractivity contribution in [1.82, 2.24) is 0 Å². The summed E-state index contributed by atoms with van der Waals surface area (Å²) in [6.07, 6.45) is 0. The highest BCUT2D eigenvalue weighted by Gasteiger charge is 2.47. The lowest BCUT2D eigenvalue weighted by molar-refractivity contribution is -0.132. The molecular formula is C26H21Cl2NO5. The van der Waals surface area contributed by atoms with E-state index in [0.717, 1.165) is 0 Å². The van der Waals surface area contributed by atoms with Crippen LogP contribution in [0.4, 0.5) is 5.69 Å². The third kappa shape index (κ3) is 4.34. The van der Waals surface area contributed by atoms with Crippen LogP contribution in [0.5, 0.6) is 11.5 Å². The van der Waals surface area contributed by atoms with Crippen molar-refractivity contribution in [1.29, 1.82) is 0 Å². The predicted octanol–water partition coefficient (Wildman–Crippen LogP) is 6.03. The molecule has 3 aromatic carbocycles. The Bertz CT molecular complexity index is 1290. The second-order valence-corrected chi connectivity index (χ2v) is 8.34. The number of ketones is 1. The van der Waals surface area contributed by atoms with Crippen LogP contribution in [-0.2, 0) is 9.59 Å². The molecule has 1 N–H and O–H groups in total. The van der Waals surface area contributed by atoms with Crippen LogP contribution in [0, 0.1) is 0 Å². The van der Waals surface area contributed by atoms with Gasteiger partial charge in [0, 0.05) is 16.3 Å². The van der Waals surface area contributed by atoms with Gasteiger partial charge in [0.15, 0.2) is 0 Å². The fourth-order valence-electron chi connectivity index (χ4n) is 3.92. The summed E-state index contributed by atoms with van der Waals surface area (Å²) in [5.41, 5.74) is 1.28. The number of nitrogens with zero attached hydrogens (tertiary/aromatic N) is 1. The minimum Gasteiger partial charge on any atom is -0.507 e. The number of methoxy groups -OCH3 is 1. The Balaban J connectivity index is 1.92. The number of hydrogen-bond acceptors (Lipinski definition) is 5. The average Bonchev–Trinajstić information content (AvgIpc) is 3.10. The van der Waals surface area contributed by atoms with Gasteiger partial charge in [-0.05, 0) is 61.0 Å². The van der Waals surface area contributed by atoms with Crippen molar-refractivity contribution in [3.05, 3.63) is 93.5 Å². The average molecular weight is 498 g/mol. The van der Waals surface area contributed by atoms with Crippen molar-refractivity contribution >= 4 is 46.3 Å². The minimum absolute atomic E-state index is 0.0569. The fraction of sp³-hybridized carbons (Fsp3) is 0.154. The van der Waals surface area contributed by atoms with Gasteiger partial charge in [0.25, 0.3) is 11.7 Å². The summed E-state index contributed by atoms with van der Waals surface area (Å²) in [6.45, 7) is 2.38. The first-order valence-electron chi connectivity index (χ1n) is 10.5. The first-order valence-corrected chi connectivity index (χ1v) is 11.2. The van der Waals surface area contributed by atoms with Gasteiger partial charge in [0.2, 0.25) is 0 Å². The maximum Gasteiger partial charge on any atom is 0.300 e. The number of halogens is 2. The molecule has 8 heteroatoms. The molecule has 1 saturated heterocycles. The zero-order valence-corrected chi connectivity index (χ0v) is 19.9. The summed E-state index contributed by atoms with van der Waals surface area (Å²) in [6, 6.07) is 17.4. The Kier molecular flexibility index (Phi) is 6.82. The predicted molar refractivity (Wildman–Crippen MR) is 132 cm³/mol. The Morgan fingerprint density at radius 3 is 2.41 bits per heavy atom. The first kappa shape index (κ1) is 23.7. The van der Waals surface area contributed by atoms with Crippen molar-refractivity contribution in [2.45, 2.75) is 13.0 Å². The molecule has 6 nitrogen and oxygen atoms in total. The third-order valence-corrected chi connectivity index (χ3v) is 6.01. The van der Waals surface area contributed by atoms with Crippen LogP contribution in [0.3, 0.4) is 0 Å². The second kappa shape index (κ2) is 9.79. The van der Waals surface area contributed by atoms with Gasteiger partial charge in [-0.15, -0.1) is 0 Å². The lowest BCUT2D eigenvalue weighted by atomic mass is 9.95. The van der Waals surface area contributed by atoms with Crippen LogP contribution in [0.2, 0.25) is 10.0 Å². The number of carbonyl (C=O) groups excluding carboxylic acids is 2. The van der Waals surface area contributed by atoms with Crippen LogP contribution in [0.1, 0.15) is 24.1 Å². The maximum absolute atomic E-state index is 13.2. The number of Topliss-reactive ketones (excluding diaryl/α,β-unsaturated/α-hetero) is 1. The number of aliphatic hydroxyl groups is 1. The zero-order valence-electron chi connectivity index (χ0n) is 18.4. The smallest absolute Gasteiger partial charge is 0.300 e. The molecule has 1 unspecified atom stereocenters. The Morgan fingerprint density at radius 1 is 1.03 bits per heavy atom. The molecule has 1 atom stereocenters. The molecule has 0 radical (unpaired) electrons. The van der Waals surface area contributed by atoms with Gasteiger partial charge >= 0.3 is 0 Å². The van der Waals surface area contributed by atoms with E-state index in [1.807, 2.05) is 6.92 Å². The molecule has 174 valence electrons. The van der Waals surface area contributed by atoms with Crippen LogP contribution in [0.25, 0.3) is 5.76 Å². The Labute approximate surface area is 206 Å². The van der Waals surface area contributed by atoms with E-state index in [1.165, 1.54) is 18.1 Å². The number of benzene rings is 3. The van der Waals surface area contributed by atoms with Gasteiger partial charge in [0.05, 0.1) is 30.4 Å². The van der Waals surface area contributed by atoms with E-state index in [4.69, 9.17) is 32.7 Å². The standard InChI is InChI=1S/C26H21Cl2NO5/c1-3-34-19-10-7-15(8-11-19)23-22(24(30)16-9-12-20(28)21(13-16)33-2)25(31)26(32)29(23)18-6-4-5-17(27)14-18/h4-14,23,30H,3H2,1-2H3/b24-22+. The summed E-state index contributed by atoms with van der Waals surface area (Å²) >= 11 is 12.3. The number of hydrogen-bond donors (Lipinski definition) is 1. The summed E-state index contributed by atoms with van der Waals surface area (Å²) < 4.78 is 10.8. The molecule has 3 aromatic rings. The topological polar surface area (TPSA) is 76.1 Å². The molecule has 1 amide bonds. The summed E-state index contributed by atoms with van der Waals surface area (Å²) in [7, 11) is 1.45. The summed E-state index contributed by atoms with van der Waals surface area (Å²) in [5, 5.41) is 12.0. The zero-order chi connectivity index (χ0) is 24.4. The van der Waals surface area contributed by atoms with E-state index < -0.39 is 17.7 Å². The molecule has 0 saturated carbocycles. The van der Waals surface area contributed by atoms with E-state index in [-0.39, 0.29) is 11.3 Å². The van der Waals surface area contributed by atoms with Crippen LogP contribution in [0.15, 0.2) is 72.3 Å². The normalized spacial score (nSPS) is 17.2. The molecule has 4 rings (SSSR count). The molecule has 1 aliphatic heterocycles. The summed E-state index contributed by atoms with van der Waals surface area (Å²) in [5.74, 6) is -0.952. The van der Waals surface area contributed by atoms with E-state index in [0.29, 0.717) is 45.0 Å². The van der Waals surface area contributed by atoms with Crippen molar-refractivity contribution < 1.29 is 24.2 Å². The highest BCUT2D eigenvalue weighted by Crippen LogP contribution is 2.43. The fourth-order valence-corrected chi connectivity index (χ4v) is 4.30. The van der Waals surface area contributed by atoms with Gasteiger partial charge in [-0.2, -0.15) is 0 Å². The number of ether oxygens (including phenoxy) is 2. The minimum atomic E-state index is -0.893. The second-order valence-electron chi connectivity index (χ2n) is 7.50. The van der Waals surface area contributed by atoms with E-state index in [9.17, 15) is 14.7 Å². The highest BCUT2D eigenvalue weighted by molar-refractivity contribution is 6.51. The van der Waals surface area contributed by atoms with Gasteiger partial charge in [-0.25, -0.2) is 0 Å². The van der Waals surface area contributed by atoms with Crippen molar-refractivity contribution in [2.24, 2.45) is 0 Å². The Hall–Kier alpha value is -3.48. The largest absolute Gasteiger partial charge is 0.507 e. The highest BCUT2D eigenvalue weighted by atomic mass is 35.5. The molecule has 0 aliphatic carbocycles. The van der Waals surface area contributed by atoms with Gasteiger partial charge in [-0.3, -0.25) is 14.5 Å².